The second-order valence-electron chi connectivity index (χ2n) is 6.58. The van der Waals surface area contributed by atoms with Gasteiger partial charge in [0.2, 0.25) is 5.91 Å². The van der Waals surface area contributed by atoms with Gasteiger partial charge >= 0.3 is 0 Å². The summed E-state index contributed by atoms with van der Waals surface area (Å²) in [6.07, 6.45) is 1.97. The molecule has 1 atom stereocenters. The molecule has 2 rings (SSSR count). The summed E-state index contributed by atoms with van der Waals surface area (Å²) in [6.45, 7) is 6.28. The quantitative estimate of drug-likeness (QED) is 0.757. The van der Waals surface area contributed by atoms with Crippen molar-refractivity contribution in [2.24, 2.45) is 0 Å². The van der Waals surface area contributed by atoms with Gasteiger partial charge in [-0.15, -0.1) is 0 Å². The van der Waals surface area contributed by atoms with Crippen molar-refractivity contribution in [1.82, 2.24) is 5.32 Å². The third kappa shape index (κ3) is 5.01. The molecule has 0 aliphatic heterocycles. The summed E-state index contributed by atoms with van der Waals surface area (Å²) in [5.74, 6) is 1.44. The highest BCUT2D eigenvalue weighted by atomic mass is 16.5. The van der Waals surface area contributed by atoms with E-state index in [9.17, 15) is 4.79 Å². The number of carbonyl (C=O) groups excluding carboxylic acids is 1. The SMILES string of the molecule is CCC(NC(=O)CCc1ccc(OC)c(OC)c1)c1ccc(C)cc1C. The van der Waals surface area contributed by atoms with Crippen LogP contribution in [0.5, 0.6) is 11.5 Å². The first-order valence-corrected chi connectivity index (χ1v) is 9.05. The van der Waals surface area contributed by atoms with E-state index in [1.165, 1.54) is 16.7 Å². The molecule has 1 N–H and O–H groups in total. The zero-order valence-electron chi connectivity index (χ0n) is 16.4. The summed E-state index contributed by atoms with van der Waals surface area (Å²) in [4.78, 5) is 12.4. The lowest BCUT2D eigenvalue weighted by atomic mass is 9.97. The van der Waals surface area contributed by atoms with E-state index in [4.69, 9.17) is 9.47 Å². The molecule has 1 amide bonds. The van der Waals surface area contributed by atoms with E-state index in [0.717, 1.165) is 12.0 Å². The maximum Gasteiger partial charge on any atom is 0.220 e. The first-order valence-electron chi connectivity index (χ1n) is 9.05. The van der Waals surface area contributed by atoms with E-state index >= 15 is 0 Å². The van der Waals surface area contributed by atoms with Crippen molar-refractivity contribution in [2.45, 2.75) is 46.1 Å². The molecule has 0 fully saturated rings. The summed E-state index contributed by atoms with van der Waals surface area (Å²) < 4.78 is 10.6. The van der Waals surface area contributed by atoms with Crippen molar-refractivity contribution >= 4 is 5.91 Å². The number of carbonyl (C=O) groups is 1. The van der Waals surface area contributed by atoms with E-state index < -0.39 is 0 Å². The standard InChI is InChI=1S/C22H29NO3/c1-6-19(18-10-7-15(2)13-16(18)3)23-22(24)12-9-17-8-11-20(25-4)21(14-17)26-5/h7-8,10-11,13-14,19H,6,9,12H2,1-5H3,(H,23,24). The molecule has 0 bridgehead atoms. The number of hydrogen-bond acceptors (Lipinski definition) is 3. The van der Waals surface area contributed by atoms with Crippen LogP contribution in [0.4, 0.5) is 0 Å². The summed E-state index contributed by atoms with van der Waals surface area (Å²) in [5.41, 5.74) is 4.70. The van der Waals surface area contributed by atoms with Gasteiger partial charge in [0.15, 0.2) is 11.5 Å². The summed E-state index contributed by atoms with van der Waals surface area (Å²) in [6, 6.07) is 12.2. The Morgan fingerprint density at radius 1 is 1.04 bits per heavy atom. The Balaban J connectivity index is 1.99. The monoisotopic (exact) mass is 355 g/mol. The fourth-order valence-corrected chi connectivity index (χ4v) is 3.18. The molecule has 0 heterocycles. The first-order chi connectivity index (χ1) is 12.5. The number of hydrogen-bond donors (Lipinski definition) is 1. The molecule has 0 spiro atoms. The Labute approximate surface area is 156 Å². The number of nitrogens with one attached hydrogen (secondary N) is 1. The summed E-state index contributed by atoms with van der Waals surface area (Å²) in [7, 11) is 3.23. The molecule has 2 aromatic carbocycles. The van der Waals surface area contributed by atoms with Crippen LogP contribution in [-0.2, 0) is 11.2 Å². The van der Waals surface area contributed by atoms with Crippen LogP contribution in [-0.4, -0.2) is 20.1 Å². The lowest BCUT2D eigenvalue weighted by Gasteiger charge is -2.20. The van der Waals surface area contributed by atoms with Crippen LogP contribution in [0.15, 0.2) is 36.4 Å². The van der Waals surface area contributed by atoms with Gasteiger partial charge in [-0.05, 0) is 55.5 Å². The minimum atomic E-state index is 0.0495. The maximum absolute atomic E-state index is 12.4. The third-order valence-corrected chi connectivity index (χ3v) is 4.63. The number of ether oxygens (including phenoxy) is 2. The number of amides is 1. The summed E-state index contributed by atoms with van der Waals surface area (Å²) >= 11 is 0. The zero-order valence-corrected chi connectivity index (χ0v) is 16.4. The average Bonchev–Trinajstić information content (AvgIpc) is 2.64. The maximum atomic E-state index is 12.4. The molecule has 0 aliphatic carbocycles. The smallest absolute Gasteiger partial charge is 0.220 e. The third-order valence-electron chi connectivity index (χ3n) is 4.63. The average molecular weight is 355 g/mol. The van der Waals surface area contributed by atoms with Gasteiger partial charge in [-0.25, -0.2) is 0 Å². The van der Waals surface area contributed by atoms with Crippen LogP contribution in [0.1, 0.15) is 48.1 Å². The Morgan fingerprint density at radius 3 is 2.38 bits per heavy atom. The Morgan fingerprint density at radius 2 is 1.77 bits per heavy atom. The minimum Gasteiger partial charge on any atom is -0.493 e. The lowest BCUT2D eigenvalue weighted by Crippen LogP contribution is -2.28. The Kier molecular flexibility index (Phi) is 7.07. The van der Waals surface area contributed by atoms with Crippen molar-refractivity contribution in [3.8, 4) is 11.5 Å². The van der Waals surface area contributed by atoms with E-state index in [0.29, 0.717) is 24.3 Å². The van der Waals surface area contributed by atoms with Crippen molar-refractivity contribution in [2.75, 3.05) is 14.2 Å². The number of methoxy groups -OCH3 is 2. The van der Waals surface area contributed by atoms with Gasteiger partial charge in [0.1, 0.15) is 0 Å². The molecule has 2 aromatic rings. The molecule has 4 heteroatoms. The minimum absolute atomic E-state index is 0.0495. The Bertz CT molecular complexity index is 755. The van der Waals surface area contributed by atoms with Gasteiger partial charge in [-0.2, -0.15) is 0 Å². The van der Waals surface area contributed by atoms with Crippen LogP contribution in [0.3, 0.4) is 0 Å². The predicted molar refractivity (Wildman–Crippen MR) is 105 cm³/mol. The Hall–Kier alpha value is -2.49. The second-order valence-corrected chi connectivity index (χ2v) is 6.58. The van der Waals surface area contributed by atoms with Crippen LogP contribution in [0, 0.1) is 13.8 Å². The fraction of sp³-hybridized carbons (Fsp3) is 0.409. The molecule has 0 saturated heterocycles. The van der Waals surface area contributed by atoms with Gasteiger partial charge < -0.3 is 14.8 Å². The zero-order chi connectivity index (χ0) is 19.1. The molecule has 0 saturated carbocycles. The van der Waals surface area contributed by atoms with E-state index in [2.05, 4.69) is 44.3 Å². The van der Waals surface area contributed by atoms with E-state index in [1.54, 1.807) is 14.2 Å². The van der Waals surface area contributed by atoms with Crippen molar-refractivity contribution in [1.29, 1.82) is 0 Å². The highest BCUT2D eigenvalue weighted by Crippen LogP contribution is 2.28. The van der Waals surface area contributed by atoms with Gasteiger partial charge in [0.05, 0.1) is 20.3 Å². The molecule has 0 aromatic heterocycles. The van der Waals surface area contributed by atoms with E-state index in [1.807, 2.05) is 18.2 Å². The molecule has 0 aliphatic rings. The van der Waals surface area contributed by atoms with Gasteiger partial charge in [-0.1, -0.05) is 36.8 Å². The molecule has 26 heavy (non-hydrogen) atoms. The molecular formula is C22H29NO3. The molecule has 4 nitrogen and oxygen atoms in total. The topological polar surface area (TPSA) is 47.6 Å². The fourth-order valence-electron chi connectivity index (χ4n) is 3.18. The lowest BCUT2D eigenvalue weighted by molar-refractivity contribution is -0.121. The van der Waals surface area contributed by atoms with Crippen molar-refractivity contribution < 1.29 is 14.3 Å². The molecule has 0 radical (unpaired) electrons. The van der Waals surface area contributed by atoms with Crippen molar-refractivity contribution in [3.05, 3.63) is 58.7 Å². The van der Waals surface area contributed by atoms with Crippen LogP contribution < -0.4 is 14.8 Å². The highest BCUT2D eigenvalue weighted by molar-refractivity contribution is 5.76. The number of rotatable bonds is 8. The van der Waals surface area contributed by atoms with Gasteiger partial charge in [-0.3, -0.25) is 4.79 Å². The van der Waals surface area contributed by atoms with Crippen LogP contribution in [0.25, 0.3) is 0 Å². The van der Waals surface area contributed by atoms with Crippen molar-refractivity contribution in [3.63, 3.8) is 0 Å². The largest absolute Gasteiger partial charge is 0.493 e. The highest BCUT2D eigenvalue weighted by Gasteiger charge is 2.15. The predicted octanol–water partition coefficient (Wildman–Crippen LogP) is 4.52. The number of benzene rings is 2. The molecule has 140 valence electrons. The van der Waals surface area contributed by atoms with Crippen LogP contribution in [0.2, 0.25) is 0 Å². The summed E-state index contributed by atoms with van der Waals surface area (Å²) in [5, 5.41) is 3.17. The van der Waals surface area contributed by atoms with Gasteiger partial charge in [0.25, 0.3) is 0 Å². The normalized spacial score (nSPS) is 11.7. The van der Waals surface area contributed by atoms with Gasteiger partial charge in [0, 0.05) is 6.42 Å². The second kappa shape index (κ2) is 9.27. The number of aryl methyl sites for hydroxylation is 3. The van der Waals surface area contributed by atoms with E-state index in [-0.39, 0.29) is 11.9 Å². The molecular weight excluding hydrogens is 326 g/mol. The first kappa shape index (κ1) is 19.8. The van der Waals surface area contributed by atoms with Crippen LogP contribution >= 0.6 is 0 Å². The molecule has 1 unspecified atom stereocenters.